The topological polar surface area (TPSA) is 97.9 Å². The maximum Gasteiger partial charge on any atom is 0.315 e. The molecule has 0 bridgehead atoms. The summed E-state index contributed by atoms with van der Waals surface area (Å²) in [6, 6.07) is 7.61. The van der Waals surface area contributed by atoms with E-state index in [9.17, 15) is 4.79 Å². The molecule has 0 unspecified atom stereocenters. The number of aryl methyl sites for hydroxylation is 1. The molecule has 1 atom stereocenters. The summed E-state index contributed by atoms with van der Waals surface area (Å²) in [6.07, 6.45) is 5.87. The number of urea groups is 1. The second-order valence-electron chi connectivity index (χ2n) is 5.67. The van der Waals surface area contributed by atoms with E-state index in [1.54, 1.807) is 19.4 Å². The highest BCUT2D eigenvalue weighted by molar-refractivity contribution is 5.74. The van der Waals surface area contributed by atoms with Gasteiger partial charge in [-0.2, -0.15) is 4.98 Å². The number of rotatable bonds is 6. The molecule has 0 spiro atoms. The van der Waals surface area contributed by atoms with Gasteiger partial charge in [0.15, 0.2) is 5.82 Å². The average Bonchev–Trinajstić information content (AvgIpc) is 3.27. The number of nitrogens with one attached hydrogen (secondary N) is 2. The summed E-state index contributed by atoms with van der Waals surface area (Å²) in [5.41, 5.74) is 2.04. The molecule has 130 valence electrons. The predicted molar refractivity (Wildman–Crippen MR) is 91.3 cm³/mol. The van der Waals surface area contributed by atoms with E-state index >= 15 is 0 Å². The van der Waals surface area contributed by atoms with E-state index in [0.717, 1.165) is 11.3 Å². The molecule has 2 heterocycles. The lowest BCUT2D eigenvalue weighted by Gasteiger charge is -2.15. The lowest BCUT2D eigenvalue weighted by Crippen LogP contribution is -2.38. The Morgan fingerprint density at radius 1 is 1.32 bits per heavy atom. The minimum absolute atomic E-state index is 0.109. The van der Waals surface area contributed by atoms with Crippen LogP contribution in [0.2, 0.25) is 0 Å². The number of hydrogen-bond acceptors (Lipinski definition) is 5. The highest BCUT2D eigenvalue weighted by atomic mass is 16.5. The minimum Gasteiger partial charge on any atom is -0.339 e. The van der Waals surface area contributed by atoms with Crippen LogP contribution >= 0.6 is 0 Å². The summed E-state index contributed by atoms with van der Waals surface area (Å²) in [5.74, 6) is 1.10. The van der Waals surface area contributed by atoms with Gasteiger partial charge in [-0.3, -0.25) is 0 Å². The van der Waals surface area contributed by atoms with Crippen LogP contribution in [0.25, 0.3) is 5.69 Å². The van der Waals surface area contributed by atoms with Crippen molar-refractivity contribution in [3.63, 3.8) is 0 Å². The van der Waals surface area contributed by atoms with Gasteiger partial charge in [-0.25, -0.2) is 9.78 Å². The molecule has 0 aliphatic carbocycles. The molecule has 2 aromatic heterocycles. The molecule has 0 radical (unpaired) electrons. The average molecular weight is 340 g/mol. The van der Waals surface area contributed by atoms with Crippen molar-refractivity contribution in [3.8, 4) is 5.69 Å². The lowest BCUT2D eigenvalue weighted by molar-refractivity contribution is 0.237. The van der Waals surface area contributed by atoms with Gasteiger partial charge in [0.25, 0.3) is 0 Å². The Morgan fingerprint density at radius 3 is 2.76 bits per heavy atom. The first-order valence-electron chi connectivity index (χ1n) is 8.03. The number of carbonyl (C=O) groups is 1. The largest absolute Gasteiger partial charge is 0.339 e. The third-order valence-corrected chi connectivity index (χ3v) is 3.74. The number of nitrogens with zero attached hydrogens (tertiary/aromatic N) is 4. The van der Waals surface area contributed by atoms with Crippen LogP contribution in [0.4, 0.5) is 4.79 Å². The van der Waals surface area contributed by atoms with Crippen LogP contribution in [0, 0.1) is 6.92 Å². The first-order chi connectivity index (χ1) is 12.1. The van der Waals surface area contributed by atoms with Gasteiger partial charge >= 0.3 is 6.03 Å². The first-order valence-corrected chi connectivity index (χ1v) is 8.03. The standard InChI is InChI=1S/C17H20N6O2/c1-12(14-3-5-15(6-4-14)23-10-9-18-11-23)20-17(24)19-8-7-16-21-13(2)22-25-16/h3-6,9-12H,7-8H2,1-2H3,(H2,19,20,24)/t12-/m1/s1. The highest BCUT2D eigenvalue weighted by Gasteiger charge is 2.10. The quantitative estimate of drug-likeness (QED) is 0.716. The fourth-order valence-electron chi connectivity index (χ4n) is 2.40. The molecule has 8 heteroatoms. The van der Waals surface area contributed by atoms with Crippen LogP contribution < -0.4 is 10.6 Å². The molecule has 0 aliphatic heterocycles. The Kier molecular flexibility index (Phi) is 5.08. The van der Waals surface area contributed by atoms with Crippen molar-refractivity contribution < 1.29 is 9.32 Å². The molecular weight excluding hydrogens is 320 g/mol. The second-order valence-corrected chi connectivity index (χ2v) is 5.67. The zero-order valence-corrected chi connectivity index (χ0v) is 14.1. The molecule has 0 fully saturated rings. The van der Waals surface area contributed by atoms with Gasteiger partial charge in [0.2, 0.25) is 5.89 Å². The Bertz CT molecular complexity index is 810. The summed E-state index contributed by atoms with van der Waals surface area (Å²) in [6.45, 7) is 4.12. The molecule has 0 saturated heterocycles. The Labute approximate surface area is 145 Å². The molecule has 3 rings (SSSR count). The predicted octanol–water partition coefficient (Wildman–Crippen LogP) is 2.17. The first kappa shape index (κ1) is 16.7. The van der Waals surface area contributed by atoms with E-state index in [0.29, 0.717) is 24.7 Å². The van der Waals surface area contributed by atoms with Crippen molar-refractivity contribution in [1.82, 2.24) is 30.3 Å². The third kappa shape index (κ3) is 4.43. The van der Waals surface area contributed by atoms with E-state index in [1.807, 2.05) is 42.0 Å². The summed E-state index contributed by atoms with van der Waals surface area (Å²) in [4.78, 5) is 20.1. The van der Waals surface area contributed by atoms with Crippen LogP contribution in [0.5, 0.6) is 0 Å². The van der Waals surface area contributed by atoms with Crippen LogP contribution in [-0.2, 0) is 6.42 Å². The van der Waals surface area contributed by atoms with E-state index in [-0.39, 0.29) is 12.1 Å². The van der Waals surface area contributed by atoms with E-state index in [1.165, 1.54) is 0 Å². The van der Waals surface area contributed by atoms with Crippen molar-refractivity contribution >= 4 is 6.03 Å². The van der Waals surface area contributed by atoms with Gasteiger partial charge < -0.3 is 19.7 Å². The van der Waals surface area contributed by atoms with Crippen molar-refractivity contribution in [2.45, 2.75) is 26.3 Å². The maximum absolute atomic E-state index is 12.0. The van der Waals surface area contributed by atoms with Crippen molar-refractivity contribution in [2.75, 3.05) is 6.54 Å². The van der Waals surface area contributed by atoms with Crippen molar-refractivity contribution in [1.29, 1.82) is 0 Å². The zero-order valence-electron chi connectivity index (χ0n) is 14.1. The third-order valence-electron chi connectivity index (χ3n) is 3.74. The van der Waals surface area contributed by atoms with Gasteiger partial charge in [0.1, 0.15) is 0 Å². The summed E-state index contributed by atoms with van der Waals surface area (Å²) < 4.78 is 6.92. The fraction of sp³-hybridized carbons (Fsp3) is 0.294. The SMILES string of the molecule is Cc1noc(CCNC(=O)N[C@H](C)c2ccc(-n3ccnc3)cc2)n1. The molecule has 2 amide bonds. The minimum atomic E-state index is -0.234. The van der Waals surface area contributed by atoms with Gasteiger partial charge in [-0.15, -0.1) is 0 Å². The van der Waals surface area contributed by atoms with Gasteiger partial charge in [-0.1, -0.05) is 17.3 Å². The Morgan fingerprint density at radius 2 is 2.12 bits per heavy atom. The number of aromatic nitrogens is 4. The molecule has 25 heavy (non-hydrogen) atoms. The smallest absolute Gasteiger partial charge is 0.315 e. The fourth-order valence-corrected chi connectivity index (χ4v) is 2.40. The summed E-state index contributed by atoms with van der Waals surface area (Å²) in [5, 5.41) is 9.40. The monoisotopic (exact) mass is 340 g/mol. The van der Waals surface area contributed by atoms with E-state index in [4.69, 9.17) is 4.52 Å². The van der Waals surface area contributed by atoms with E-state index in [2.05, 4.69) is 25.8 Å². The second kappa shape index (κ2) is 7.61. The number of imidazole rings is 1. The summed E-state index contributed by atoms with van der Waals surface area (Å²) >= 11 is 0. The molecule has 3 aromatic rings. The maximum atomic E-state index is 12.0. The van der Waals surface area contributed by atoms with Crippen molar-refractivity contribution in [2.24, 2.45) is 0 Å². The van der Waals surface area contributed by atoms with Crippen LogP contribution in [-0.4, -0.2) is 32.3 Å². The van der Waals surface area contributed by atoms with Gasteiger partial charge in [-0.05, 0) is 31.5 Å². The van der Waals surface area contributed by atoms with Gasteiger partial charge in [0.05, 0.1) is 12.4 Å². The zero-order chi connectivity index (χ0) is 17.6. The number of hydrogen-bond donors (Lipinski definition) is 2. The molecule has 0 saturated carbocycles. The molecule has 1 aromatic carbocycles. The highest BCUT2D eigenvalue weighted by Crippen LogP contribution is 2.15. The van der Waals surface area contributed by atoms with Crippen molar-refractivity contribution in [3.05, 3.63) is 60.3 Å². The van der Waals surface area contributed by atoms with E-state index < -0.39 is 0 Å². The van der Waals surface area contributed by atoms with Gasteiger partial charge in [0, 0.05) is 31.0 Å². The Balaban J connectivity index is 1.47. The molecule has 8 nitrogen and oxygen atoms in total. The lowest BCUT2D eigenvalue weighted by atomic mass is 10.1. The number of benzene rings is 1. The Hall–Kier alpha value is -3.16. The van der Waals surface area contributed by atoms with Crippen LogP contribution in [0.1, 0.15) is 30.2 Å². The van der Waals surface area contributed by atoms with Crippen LogP contribution in [0.3, 0.4) is 0 Å². The molecule has 0 aliphatic rings. The number of amides is 2. The molecular formula is C17H20N6O2. The molecule has 2 N–H and O–H groups in total. The summed E-state index contributed by atoms with van der Waals surface area (Å²) in [7, 11) is 0. The van der Waals surface area contributed by atoms with Crippen LogP contribution in [0.15, 0.2) is 47.5 Å². The number of carbonyl (C=O) groups excluding carboxylic acids is 1. The normalized spacial score (nSPS) is 11.9.